The van der Waals surface area contributed by atoms with Crippen LogP contribution in [0.2, 0.25) is 0 Å². The third-order valence-corrected chi connectivity index (χ3v) is 4.46. The summed E-state index contributed by atoms with van der Waals surface area (Å²) >= 11 is 1.50. The fourth-order valence-electron chi connectivity index (χ4n) is 2.13. The van der Waals surface area contributed by atoms with Gasteiger partial charge in [-0.05, 0) is 60.5 Å². The highest BCUT2D eigenvalue weighted by Gasteiger charge is 2.05. The Balaban J connectivity index is 0.000000287. The predicted molar refractivity (Wildman–Crippen MR) is 128 cm³/mol. The van der Waals surface area contributed by atoms with Crippen molar-refractivity contribution in [3.8, 4) is 17.2 Å². The van der Waals surface area contributed by atoms with Crippen molar-refractivity contribution in [1.29, 1.82) is 0 Å². The average molecular weight is 431 g/mol. The van der Waals surface area contributed by atoms with Gasteiger partial charge in [0.2, 0.25) is 0 Å². The van der Waals surface area contributed by atoms with E-state index < -0.39 is 0 Å². The second-order valence-corrected chi connectivity index (χ2v) is 6.54. The van der Waals surface area contributed by atoms with Crippen molar-refractivity contribution < 1.29 is 14.6 Å². The first-order valence-electron chi connectivity index (χ1n) is 9.27. The van der Waals surface area contributed by atoms with Crippen molar-refractivity contribution in [3.05, 3.63) is 60.7 Å². The summed E-state index contributed by atoms with van der Waals surface area (Å²) in [6, 6.07) is 17.8. The smallest absolute Gasteiger partial charge is 0.144 e. The summed E-state index contributed by atoms with van der Waals surface area (Å²) < 4.78 is 13.1. The Bertz CT molecular complexity index is 813. The van der Waals surface area contributed by atoms with Gasteiger partial charge in [-0.15, -0.1) is 0 Å². The molecule has 0 aliphatic carbocycles. The molecule has 7 nitrogen and oxygen atoms in total. The first kappa shape index (κ1) is 24.6. The molecule has 0 saturated heterocycles. The monoisotopic (exact) mass is 430 g/mol. The number of phenolic OH excluding ortho intramolecular Hbond substituents is 1. The van der Waals surface area contributed by atoms with Crippen LogP contribution < -0.4 is 31.4 Å². The maximum atomic E-state index is 9.12. The highest BCUT2D eigenvalue weighted by atomic mass is 32.2. The number of nitrogens with two attached hydrogens (primary N) is 3. The van der Waals surface area contributed by atoms with E-state index in [0.29, 0.717) is 22.9 Å². The van der Waals surface area contributed by atoms with Crippen LogP contribution in [0.4, 0.5) is 22.7 Å². The van der Waals surface area contributed by atoms with Gasteiger partial charge in [-0.1, -0.05) is 13.8 Å². The number of ether oxygens (including phenoxy) is 2. The maximum Gasteiger partial charge on any atom is 0.144 e. The lowest BCUT2D eigenvalue weighted by Crippen LogP contribution is -1.97. The van der Waals surface area contributed by atoms with Gasteiger partial charge in [-0.2, -0.15) is 0 Å². The molecule has 8 heteroatoms. The van der Waals surface area contributed by atoms with Crippen molar-refractivity contribution in [2.45, 2.75) is 18.7 Å². The first-order chi connectivity index (χ1) is 14.4. The quantitative estimate of drug-likeness (QED) is 0.217. The van der Waals surface area contributed by atoms with Crippen LogP contribution in [-0.2, 0) is 0 Å². The van der Waals surface area contributed by atoms with E-state index in [1.165, 1.54) is 26.2 Å². The number of phenols is 1. The zero-order chi connectivity index (χ0) is 22.5. The van der Waals surface area contributed by atoms with Gasteiger partial charge in [0.1, 0.15) is 17.2 Å². The molecule has 0 amide bonds. The molecule has 0 spiro atoms. The number of nitrogen functional groups attached to an aromatic ring is 3. The standard InChI is InChI=1S/C12H12N2OS.C8H12N2O2.C2H6/c13-9-1-7-12(8-2-9)16-14-10-3-5-11(15)6-4-10;1-11-7-3-6(10)8(12-2)4-5(7)9;1-2/h1-8,14-15H,13H2;3-4H,9-10H2,1-2H3;1-2H3. The minimum atomic E-state index is 0.267. The molecule has 0 saturated carbocycles. The van der Waals surface area contributed by atoms with E-state index in [-0.39, 0.29) is 5.75 Å². The maximum absolute atomic E-state index is 9.12. The van der Waals surface area contributed by atoms with Gasteiger partial charge in [-0.25, -0.2) is 0 Å². The Hall–Kier alpha value is -3.39. The number of methoxy groups -OCH3 is 2. The molecule has 0 radical (unpaired) electrons. The largest absolute Gasteiger partial charge is 0.508 e. The van der Waals surface area contributed by atoms with E-state index in [1.807, 2.05) is 50.2 Å². The summed E-state index contributed by atoms with van der Waals surface area (Å²) in [7, 11) is 3.08. The molecule has 0 aliphatic rings. The Morgan fingerprint density at radius 3 is 1.67 bits per heavy atom. The van der Waals surface area contributed by atoms with Crippen molar-refractivity contribution in [1.82, 2.24) is 0 Å². The van der Waals surface area contributed by atoms with E-state index in [9.17, 15) is 0 Å². The van der Waals surface area contributed by atoms with Crippen LogP contribution in [0.5, 0.6) is 17.2 Å². The Labute approximate surface area is 182 Å². The van der Waals surface area contributed by atoms with Crippen LogP contribution in [-0.4, -0.2) is 19.3 Å². The summed E-state index contributed by atoms with van der Waals surface area (Å²) in [6.07, 6.45) is 0. The SMILES string of the molecule is CC.COc1cc(N)c(OC)cc1N.Nc1ccc(SNc2ccc(O)cc2)cc1. The highest BCUT2D eigenvalue weighted by Crippen LogP contribution is 2.32. The average Bonchev–Trinajstić information content (AvgIpc) is 2.77. The zero-order valence-electron chi connectivity index (χ0n) is 17.7. The van der Waals surface area contributed by atoms with Crippen molar-refractivity contribution >= 4 is 34.7 Å². The summed E-state index contributed by atoms with van der Waals surface area (Å²) in [5.41, 5.74) is 19.6. The Kier molecular flexibility index (Phi) is 10.6. The fourth-order valence-corrected chi connectivity index (χ4v) is 2.77. The van der Waals surface area contributed by atoms with Crippen LogP contribution >= 0.6 is 11.9 Å². The van der Waals surface area contributed by atoms with Gasteiger partial charge in [0, 0.05) is 28.4 Å². The fraction of sp³-hybridized carbons (Fsp3) is 0.182. The summed E-state index contributed by atoms with van der Waals surface area (Å²) in [5, 5.41) is 9.12. The minimum absolute atomic E-state index is 0.267. The molecule has 0 aliphatic heterocycles. The number of rotatable bonds is 5. The number of aromatic hydroxyl groups is 1. The van der Waals surface area contributed by atoms with E-state index >= 15 is 0 Å². The Morgan fingerprint density at radius 2 is 1.23 bits per heavy atom. The second-order valence-electron chi connectivity index (χ2n) is 5.66. The minimum Gasteiger partial charge on any atom is -0.508 e. The lowest BCUT2D eigenvalue weighted by molar-refractivity contribution is 0.407. The predicted octanol–water partition coefficient (Wildman–Crippen LogP) is 4.99. The molecular weight excluding hydrogens is 400 g/mol. The molecule has 3 aromatic carbocycles. The van der Waals surface area contributed by atoms with E-state index in [1.54, 1.807) is 24.3 Å². The van der Waals surface area contributed by atoms with Crippen LogP contribution in [0.3, 0.4) is 0 Å². The lowest BCUT2D eigenvalue weighted by atomic mass is 10.2. The molecule has 0 heterocycles. The van der Waals surface area contributed by atoms with Gasteiger partial charge in [0.15, 0.2) is 0 Å². The molecule has 0 unspecified atom stereocenters. The summed E-state index contributed by atoms with van der Waals surface area (Å²) in [4.78, 5) is 1.09. The van der Waals surface area contributed by atoms with Gasteiger partial charge in [-0.3, -0.25) is 0 Å². The number of hydrogen-bond donors (Lipinski definition) is 5. The van der Waals surface area contributed by atoms with Gasteiger partial charge in [0.05, 0.1) is 25.6 Å². The van der Waals surface area contributed by atoms with E-state index in [2.05, 4.69) is 4.72 Å². The molecule has 8 N–H and O–H groups in total. The van der Waals surface area contributed by atoms with Crippen molar-refractivity contribution in [2.24, 2.45) is 0 Å². The first-order valence-corrected chi connectivity index (χ1v) is 10.1. The normalized spacial score (nSPS) is 9.33. The molecule has 3 rings (SSSR count). The zero-order valence-corrected chi connectivity index (χ0v) is 18.5. The van der Waals surface area contributed by atoms with Gasteiger partial charge < -0.3 is 36.5 Å². The van der Waals surface area contributed by atoms with Crippen LogP contribution in [0.15, 0.2) is 65.6 Å². The third kappa shape index (κ3) is 7.92. The molecular formula is C22H30N4O3S. The number of anilines is 4. The molecule has 30 heavy (non-hydrogen) atoms. The van der Waals surface area contributed by atoms with Crippen LogP contribution in [0.25, 0.3) is 0 Å². The van der Waals surface area contributed by atoms with Crippen molar-refractivity contribution in [3.63, 3.8) is 0 Å². The number of nitrogens with one attached hydrogen (secondary N) is 1. The van der Waals surface area contributed by atoms with Crippen LogP contribution in [0, 0.1) is 0 Å². The molecule has 0 bridgehead atoms. The Morgan fingerprint density at radius 1 is 0.767 bits per heavy atom. The van der Waals surface area contributed by atoms with Gasteiger partial charge >= 0.3 is 0 Å². The van der Waals surface area contributed by atoms with Crippen molar-refractivity contribution in [2.75, 3.05) is 36.1 Å². The van der Waals surface area contributed by atoms with Crippen LogP contribution in [0.1, 0.15) is 13.8 Å². The molecule has 0 fully saturated rings. The highest BCUT2D eigenvalue weighted by molar-refractivity contribution is 8.00. The molecule has 0 aromatic heterocycles. The summed E-state index contributed by atoms with van der Waals surface area (Å²) in [5.74, 6) is 1.39. The topological polar surface area (TPSA) is 129 Å². The number of benzene rings is 3. The summed E-state index contributed by atoms with van der Waals surface area (Å²) in [6.45, 7) is 4.00. The molecule has 0 atom stereocenters. The van der Waals surface area contributed by atoms with Gasteiger partial charge in [0.25, 0.3) is 0 Å². The lowest BCUT2D eigenvalue weighted by Gasteiger charge is -2.08. The molecule has 3 aromatic rings. The molecule has 162 valence electrons. The third-order valence-electron chi connectivity index (χ3n) is 3.62. The van der Waals surface area contributed by atoms with E-state index in [0.717, 1.165) is 16.3 Å². The number of hydrogen-bond acceptors (Lipinski definition) is 8. The second kappa shape index (κ2) is 12.9. The van der Waals surface area contributed by atoms with E-state index in [4.69, 9.17) is 31.8 Å².